The van der Waals surface area contributed by atoms with Crippen molar-refractivity contribution in [3.05, 3.63) is 132 Å². The average Bonchev–Trinajstić information content (AvgIpc) is 3.46. The Balaban J connectivity index is 1.40. The van der Waals surface area contributed by atoms with Gasteiger partial charge in [0.2, 0.25) is 0 Å². The lowest BCUT2D eigenvalue weighted by atomic mass is 9.91. The lowest BCUT2D eigenvalue weighted by Gasteiger charge is -2.37. The number of carbonyl (C=O) groups excluding carboxylic acids is 3. The van der Waals surface area contributed by atoms with Crippen LogP contribution in [0.1, 0.15) is 36.5 Å². The Labute approximate surface area is 261 Å². The number of hydrogen-bond acceptors (Lipinski definition) is 4. The number of unbranched alkanes of at least 4 members (excludes halogenated alkanes) is 1. The van der Waals surface area contributed by atoms with Crippen molar-refractivity contribution in [1.29, 1.82) is 0 Å². The summed E-state index contributed by atoms with van der Waals surface area (Å²) in [5, 5.41) is 1.11. The van der Waals surface area contributed by atoms with E-state index in [-0.39, 0.29) is 12.3 Å². The topological polar surface area (TPSA) is 85.8 Å². The first-order chi connectivity index (χ1) is 22.0. The van der Waals surface area contributed by atoms with Crippen molar-refractivity contribution in [2.45, 2.75) is 32.6 Å². The lowest BCUT2D eigenvalue weighted by molar-refractivity contribution is -0.129. The molecule has 226 valence electrons. The van der Waals surface area contributed by atoms with Crippen molar-refractivity contribution >= 4 is 45.8 Å². The number of halogens is 1. The minimum absolute atomic E-state index is 0.183. The van der Waals surface area contributed by atoms with E-state index in [0.29, 0.717) is 23.4 Å². The number of hydrogen-bond donors (Lipinski definition) is 1. The number of nitrogens with zero attached hydrogens (tertiary/aromatic N) is 3. The van der Waals surface area contributed by atoms with Crippen LogP contribution in [-0.4, -0.2) is 35.1 Å². The van der Waals surface area contributed by atoms with Crippen LogP contribution in [0.3, 0.4) is 0 Å². The molecular weight excluding hydrogens is 567 g/mol. The van der Waals surface area contributed by atoms with Crippen molar-refractivity contribution in [2.24, 2.45) is 10.9 Å². The number of amides is 4. The van der Waals surface area contributed by atoms with Gasteiger partial charge < -0.3 is 4.98 Å². The van der Waals surface area contributed by atoms with Crippen LogP contribution in [0.15, 0.2) is 114 Å². The molecule has 1 N–H and O–H groups in total. The van der Waals surface area contributed by atoms with Gasteiger partial charge in [0.25, 0.3) is 11.8 Å². The summed E-state index contributed by atoms with van der Waals surface area (Å²) in [6, 6.07) is 28.3. The molecule has 4 aromatic carbocycles. The predicted molar refractivity (Wildman–Crippen MR) is 175 cm³/mol. The van der Waals surface area contributed by atoms with E-state index >= 15 is 0 Å². The summed E-state index contributed by atoms with van der Waals surface area (Å²) in [5.41, 5.74) is 4.65. The molecule has 1 fully saturated rings. The lowest BCUT2D eigenvalue weighted by Crippen LogP contribution is -2.62. The van der Waals surface area contributed by atoms with Gasteiger partial charge in [0.05, 0.1) is 17.1 Å². The van der Waals surface area contributed by atoms with Crippen molar-refractivity contribution in [2.75, 3.05) is 16.3 Å². The van der Waals surface area contributed by atoms with Gasteiger partial charge in [0.15, 0.2) is 5.92 Å². The van der Waals surface area contributed by atoms with Gasteiger partial charge in [-0.05, 0) is 84.5 Å². The highest BCUT2D eigenvalue weighted by atomic mass is 19.1. The first-order valence-electron chi connectivity index (χ1n) is 15.2. The third kappa shape index (κ3) is 6.04. The Kier molecular flexibility index (Phi) is 8.64. The Morgan fingerprint density at radius 1 is 0.800 bits per heavy atom. The molecule has 8 heteroatoms. The summed E-state index contributed by atoms with van der Waals surface area (Å²) in [6.45, 7) is 2.44. The van der Waals surface area contributed by atoms with Crippen molar-refractivity contribution < 1.29 is 18.8 Å². The molecule has 0 radical (unpaired) electrons. The molecule has 1 aliphatic heterocycles. The number of fused-ring (bicyclic) bond motifs is 1. The third-order valence-electron chi connectivity index (χ3n) is 8.07. The van der Waals surface area contributed by atoms with Gasteiger partial charge in [-0.25, -0.2) is 19.0 Å². The van der Waals surface area contributed by atoms with E-state index in [9.17, 15) is 18.8 Å². The molecule has 1 aromatic heterocycles. The van der Waals surface area contributed by atoms with Gasteiger partial charge in [-0.3, -0.25) is 14.6 Å². The zero-order chi connectivity index (χ0) is 31.3. The molecule has 0 saturated carbocycles. The average molecular weight is 601 g/mol. The highest BCUT2D eigenvalue weighted by Crippen LogP contribution is 2.31. The SMILES string of the molecule is CCCCc1ccc2[nH]cc(CCN=C(c3ccc(F)cc3)C3C(=O)N(c4ccccc4)C(=O)N(c4ccccc4)C3=O)c2c1. The molecular formula is C37H33FN4O3. The Hall–Kier alpha value is -5.37. The van der Waals surface area contributed by atoms with Gasteiger partial charge in [-0.1, -0.05) is 67.9 Å². The first kappa shape index (κ1) is 29.7. The highest BCUT2D eigenvalue weighted by molar-refractivity contribution is 6.43. The van der Waals surface area contributed by atoms with Crippen LogP contribution >= 0.6 is 0 Å². The number of carbonyl (C=O) groups is 3. The summed E-state index contributed by atoms with van der Waals surface area (Å²) >= 11 is 0. The van der Waals surface area contributed by atoms with Gasteiger partial charge in [-0.15, -0.1) is 0 Å². The van der Waals surface area contributed by atoms with E-state index in [1.807, 2.05) is 6.20 Å². The number of aromatic nitrogens is 1. The summed E-state index contributed by atoms with van der Waals surface area (Å²) in [5.74, 6) is -3.31. The van der Waals surface area contributed by atoms with E-state index in [2.05, 4.69) is 30.1 Å². The molecule has 1 aliphatic rings. The molecule has 7 nitrogen and oxygen atoms in total. The number of aliphatic imine (C=N–C) groups is 1. The van der Waals surface area contributed by atoms with E-state index in [1.165, 1.54) is 29.8 Å². The molecule has 0 bridgehead atoms. The molecule has 6 rings (SSSR count). The molecule has 45 heavy (non-hydrogen) atoms. The number of nitrogens with one attached hydrogen (secondary N) is 1. The van der Waals surface area contributed by atoms with Crippen LogP contribution in [0.4, 0.5) is 20.6 Å². The molecule has 0 aliphatic carbocycles. The van der Waals surface area contributed by atoms with E-state index in [0.717, 1.165) is 45.5 Å². The minimum Gasteiger partial charge on any atom is -0.361 e. The number of anilines is 2. The second-order valence-electron chi connectivity index (χ2n) is 11.1. The maximum atomic E-state index is 14.2. The quantitative estimate of drug-likeness (QED) is 0.133. The molecule has 0 atom stereocenters. The zero-order valence-corrected chi connectivity index (χ0v) is 24.9. The molecule has 0 spiro atoms. The Bertz CT molecular complexity index is 1810. The fourth-order valence-electron chi connectivity index (χ4n) is 5.75. The van der Waals surface area contributed by atoms with Crippen molar-refractivity contribution in [3.63, 3.8) is 0 Å². The molecule has 0 unspecified atom stereocenters. The van der Waals surface area contributed by atoms with Crippen molar-refractivity contribution in [3.8, 4) is 0 Å². The van der Waals surface area contributed by atoms with Crippen LogP contribution in [0, 0.1) is 11.7 Å². The second-order valence-corrected chi connectivity index (χ2v) is 11.1. The normalized spacial score (nSPS) is 14.5. The van der Waals surface area contributed by atoms with Gasteiger partial charge in [0.1, 0.15) is 5.82 Å². The molecule has 5 aromatic rings. The van der Waals surface area contributed by atoms with Gasteiger partial charge >= 0.3 is 6.03 Å². The Morgan fingerprint density at radius 3 is 2.02 bits per heavy atom. The summed E-state index contributed by atoms with van der Waals surface area (Å²) < 4.78 is 14.0. The van der Waals surface area contributed by atoms with Crippen LogP contribution in [0.25, 0.3) is 10.9 Å². The molecule has 4 amide bonds. The smallest absolute Gasteiger partial charge is 0.342 e. The molecule has 1 saturated heterocycles. The van der Waals surface area contributed by atoms with E-state index in [4.69, 9.17) is 4.99 Å². The fraction of sp³-hybridized carbons (Fsp3) is 0.189. The number of benzene rings is 4. The van der Waals surface area contributed by atoms with Crippen molar-refractivity contribution in [1.82, 2.24) is 4.98 Å². The van der Waals surface area contributed by atoms with E-state index < -0.39 is 29.6 Å². The second kappa shape index (κ2) is 13.1. The molecule has 2 heterocycles. The summed E-state index contributed by atoms with van der Waals surface area (Å²) in [6.07, 6.45) is 5.74. The predicted octanol–water partition coefficient (Wildman–Crippen LogP) is 7.50. The summed E-state index contributed by atoms with van der Waals surface area (Å²) in [4.78, 5) is 52.4. The number of urea groups is 1. The van der Waals surface area contributed by atoms with Crippen LogP contribution in [-0.2, 0) is 22.4 Å². The third-order valence-corrected chi connectivity index (χ3v) is 8.07. The van der Waals surface area contributed by atoms with Gasteiger partial charge in [0, 0.05) is 23.6 Å². The fourth-order valence-corrected chi connectivity index (χ4v) is 5.75. The number of H-pyrrole nitrogens is 1. The summed E-state index contributed by atoms with van der Waals surface area (Å²) in [7, 11) is 0. The number of rotatable bonds is 10. The minimum atomic E-state index is -1.43. The number of aryl methyl sites for hydroxylation is 1. The first-order valence-corrected chi connectivity index (χ1v) is 15.2. The number of barbiturate groups is 1. The monoisotopic (exact) mass is 600 g/mol. The maximum absolute atomic E-state index is 14.2. The zero-order valence-electron chi connectivity index (χ0n) is 24.9. The highest BCUT2D eigenvalue weighted by Gasteiger charge is 2.49. The van der Waals surface area contributed by atoms with Gasteiger partial charge in [-0.2, -0.15) is 0 Å². The van der Waals surface area contributed by atoms with Crippen LogP contribution < -0.4 is 9.80 Å². The maximum Gasteiger partial charge on any atom is 0.342 e. The van der Waals surface area contributed by atoms with Crippen LogP contribution in [0.2, 0.25) is 0 Å². The number of para-hydroxylation sites is 2. The van der Waals surface area contributed by atoms with E-state index in [1.54, 1.807) is 60.7 Å². The standard InChI is InChI=1S/C37H33FN4O3/c1-2-3-10-25-15-20-32-31(23-25)27(24-40-32)21-22-39-34(26-16-18-28(38)19-17-26)33-35(43)41(29-11-6-4-7-12-29)37(45)42(36(33)44)30-13-8-5-9-14-30/h4-9,11-20,23-24,33,40H,2-3,10,21-22H2,1H3. The number of aromatic amines is 1. The Morgan fingerprint density at radius 2 is 1.42 bits per heavy atom. The largest absolute Gasteiger partial charge is 0.361 e. The number of imide groups is 2. The van der Waals surface area contributed by atoms with Crippen LogP contribution in [0.5, 0.6) is 0 Å².